The Hall–Kier alpha value is -3.47. The van der Waals surface area contributed by atoms with Crippen LogP contribution in [0.5, 0.6) is 5.88 Å². The molecule has 2 N–H and O–H groups in total. The normalized spacial score (nSPS) is 14.9. The van der Waals surface area contributed by atoms with Gasteiger partial charge in [-0.05, 0) is 43.9 Å². The smallest absolute Gasteiger partial charge is 0.234 e. The Morgan fingerprint density at radius 2 is 2.03 bits per heavy atom. The molecule has 4 rings (SSSR count). The zero-order valence-electron chi connectivity index (χ0n) is 19.7. The number of hydrogen-bond acceptors (Lipinski definition) is 7. The lowest BCUT2D eigenvalue weighted by atomic mass is 9.91. The van der Waals surface area contributed by atoms with E-state index in [9.17, 15) is 13.4 Å². The molecule has 0 radical (unpaired) electrons. The summed E-state index contributed by atoms with van der Waals surface area (Å²) in [5.74, 6) is -1.25. The Balaban J connectivity index is 1.51. The second-order valence-corrected chi connectivity index (χ2v) is 9.95. The number of nitrogens with one attached hydrogen (secondary N) is 2. The standard InChI is InChI=1S/C24H27FN6O3S/c1-4-34-21-13-26-12-20(28-21)15-5-8-18(17(25)11-15)29-23(32)22(14(2)3)19-9-10-27-24(30-19)31-35(33)16-6-7-16/h5,8-14,16,22H,4,6-7H2,1-3H3,(H,29,32)(H,27,30,31). The van der Waals surface area contributed by atoms with Crippen LogP contribution in [0, 0.1) is 11.7 Å². The van der Waals surface area contributed by atoms with E-state index in [0.29, 0.717) is 29.4 Å². The van der Waals surface area contributed by atoms with E-state index in [1.807, 2.05) is 20.8 Å². The molecule has 2 unspecified atom stereocenters. The quantitative estimate of drug-likeness (QED) is 0.432. The van der Waals surface area contributed by atoms with Gasteiger partial charge in [-0.25, -0.2) is 23.6 Å². The number of amides is 1. The third kappa shape index (κ3) is 6.16. The first-order valence-electron chi connectivity index (χ1n) is 11.4. The van der Waals surface area contributed by atoms with Crippen LogP contribution in [0.25, 0.3) is 11.3 Å². The number of benzene rings is 1. The molecule has 9 nitrogen and oxygen atoms in total. The average molecular weight is 499 g/mol. The van der Waals surface area contributed by atoms with Gasteiger partial charge >= 0.3 is 0 Å². The maximum absolute atomic E-state index is 14.9. The third-order valence-electron chi connectivity index (χ3n) is 5.39. The highest BCUT2D eigenvalue weighted by atomic mass is 32.2. The number of rotatable bonds is 10. The molecule has 11 heteroatoms. The molecule has 35 heavy (non-hydrogen) atoms. The summed E-state index contributed by atoms with van der Waals surface area (Å²) in [4.78, 5) is 30.1. The summed E-state index contributed by atoms with van der Waals surface area (Å²) in [5.41, 5.74) is 1.46. The van der Waals surface area contributed by atoms with Gasteiger partial charge in [-0.1, -0.05) is 19.9 Å². The summed E-state index contributed by atoms with van der Waals surface area (Å²) in [5, 5.41) is 2.79. The summed E-state index contributed by atoms with van der Waals surface area (Å²) < 4.78 is 35.3. The van der Waals surface area contributed by atoms with Crippen molar-refractivity contribution in [3.8, 4) is 17.1 Å². The molecule has 2 heterocycles. The first-order valence-corrected chi connectivity index (χ1v) is 12.6. The van der Waals surface area contributed by atoms with Gasteiger partial charge in [-0.2, -0.15) is 0 Å². The molecule has 1 fully saturated rings. The predicted molar refractivity (Wildman–Crippen MR) is 132 cm³/mol. The van der Waals surface area contributed by atoms with Crippen LogP contribution in [0.15, 0.2) is 42.9 Å². The topological polar surface area (TPSA) is 119 Å². The Kier molecular flexibility index (Phi) is 7.64. The van der Waals surface area contributed by atoms with Crippen molar-refractivity contribution in [2.45, 2.75) is 44.8 Å². The molecule has 1 saturated carbocycles. The van der Waals surface area contributed by atoms with Gasteiger partial charge in [0.25, 0.3) is 0 Å². The molecular weight excluding hydrogens is 471 g/mol. The van der Waals surface area contributed by atoms with E-state index in [0.717, 1.165) is 12.8 Å². The van der Waals surface area contributed by atoms with Gasteiger partial charge in [0.05, 0.1) is 47.2 Å². The van der Waals surface area contributed by atoms with Crippen LogP contribution in [0.2, 0.25) is 0 Å². The largest absolute Gasteiger partial charge is 0.477 e. The molecule has 2 aromatic heterocycles. The maximum atomic E-state index is 14.9. The van der Waals surface area contributed by atoms with Gasteiger partial charge < -0.3 is 10.1 Å². The van der Waals surface area contributed by atoms with Crippen molar-refractivity contribution in [2.75, 3.05) is 16.6 Å². The van der Waals surface area contributed by atoms with Gasteiger partial charge in [0.1, 0.15) is 16.8 Å². The fraction of sp³-hybridized carbons (Fsp3) is 0.375. The molecule has 1 amide bonds. The molecule has 2 atom stereocenters. The number of aromatic nitrogens is 4. The summed E-state index contributed by atoms with van der Waals surface area (Å²) >= 11 is 0. The fourth-order valence-electron chi connectivity index (χ4n) is 3.52. The van der Waals surface area contributed by atoms with Gasteiger partial charge in [-0.15, -0.1) is 0 Å². The first kappa shape index (κ1) is 24.6. The van der Waals surface area contributed by atoms with Crippen LogP contribution >= 0.6 is 0 Å². The van der Waals surface area contributed by atoms with Gasteiger partial charge in [0, 0.05) is 11.8 Å². The third-order valence-corrected chi connectivity index (χ3v) is 6.85. The minimum atomic E-state index is -1.25. The second kappa shape index (κ2) is 10.9. The number of halogens is 1. The Bertz CT molecular complexity index is 1240. The highest BCUT2D eigenvalue weighted by Crippen LogP contribution is 2.29. The van der Waals surface area contributed by atoms with Crippen molar-refractivity contribution in [1.82, 2.24) is 19.9 Å². The van der Waals surface area contributed by atoms with Crippen LogP contribution in [0.1, 0.15) is 45.2 Å². The molecule has 1 aliphatic rings. The molecule has 0 saturated heterocycles. The molecule has 1 aliphatic carbocycles. The molecule has 1 aromatic carbocycles. The fourth-order valence-corrected chi connectivity index (χ4v) is 4.53. The van der Waals surface area contributed by atoms with Gasteiger partial charge in [0.15, 0.2) is 0 Å². The molecule has 0 bridgehead atoms. The Morgan fingerprint density at radius 3 is 2.71 bits per heavy atom. The van der Waals surface area contributed by atoms with E-state index in [2.05, 4.69) is 30.0 Å². The maximum Gasteiger partial charge on any atom is 0.234 e. The number of ether oxygens (including phenoxy) is 1. The zero-order chi connectivity index (χ0) is 24.9. The van der Waals surface area contributed by atoms with E-state index in [1.54, 1.807) is 12.1 Å². The van der Waals surface area contributed by atoms with E-state index < -0.39 is 28.6 Å². The summed E-state index contributed by atoms with van der Waals surface area (Å²) in [7, 11) is -1.25. The molecule has 0 aliphatic heterocycles. The van der Waals surface area contributed by atoms with Crippen LogP contribution in [-0.2, 0) is 15.8 Å². The van der Waals surface area contributed by atoms with Crippen molar-refractivity contribution in [3.63, 3.8) is 0 Å². The predicted octanol–water partition coefficient (Wildman–Crippen LogP) is 4.09. The van der Waals surface area contributed by atoms with Gasteiger partial charge in [-0.3, -0.25) is 14.5 Å². The van der Waals surface area contributed by atoms with E-state index >= 15 is 0 Å². The highest BCUT2D eigenvalue weighted by Gasteiger charge is 2.30. The minimum absolute atomic E-state index is 0.0422. The number of carbonyl (C=O) groups excluding carboxylic acids is 1. The van der Waals surface area contributed by atoms with Crippen LogP contribution in [0.4, 0.5) is 16.0 Å². The number of nitrogens with zero attached hydrogens (tertiary/aromatic N) is 4. The summed E-state index contributed by atoms with van der Waals surface area (Å²) in [6, 6.07) is 6.07. The van der Waals surface area contributed by atoms with Crippen molar-refractivity contribution >= 4 is 28.5 Å². The van der Waals surface area contributed by atoms with Crippen LogP contribution < -0.4 is 14.8 Å². The lowest BCUT2D eigenvalue weighted by Crippen LogP contribution is -2.27. The number of anilines is 2. The van der Waals surface area contributed by atoms with E-state index in [-0.39, 0.29) is 22.8 Å². The Labute approximate surface area is 205 Å². The summed E-state index contributed by atoms with van der Waals surface area (Å²) in [6.45, 7) is 6.04. The molecule has 184 valence electrons. The van der Waals surface area contributed by atoms with Crippen LogP contribution in [-0.4, -0.2) is 41.9 Å². The number of hydrogen-bond donors (Lipinski definition) is 2. The lowest BCUT2D eigenvalue weighted by Gasteiger charge is -2.20. The van der Waals surface area contributed by atoms with Crippen molar-refractivity contribution < 1.29 is 18.1 Å². The minimum Gasteiger partial charge on any atom is -0.477 e. The molecular formula is C24H27FN6O3S. The van der Waals surface area contributed by atoms with Crippen molar-refractivity contribution in [1.29, 1.82) is 0 Å². The van der Waals surface area contributed by atoms with Crippen molar-refractivity contribution in [2.24, 2.45) is 5.92 Å². The van der Waals surface area contributed by atoms with Crippen molar-refractivity contribution in [3.05, 3.63) is 54.4 Å². The highest BCUT2D eigenvalue weighted by molar-refractivity contribution is 7.87. The zero-order valence-corrected chi connectivity index (χ0v) is 20.5. The van der Waals surface area contributed by atoms with Crippen LogP contribution in [0.3, 0.4) is 0 Å². The van der Waals surface area contributed by atoms with Gasteiger partial charge in [0.2, 0.25) is 17.7 Å². The molecule has 0 spiro atoms. The molecule has 3 aromatic rings. The second-order valence-electron chi connectivity index (χ2n) is 8.49. The monoisotopic (exact) mass is 498 g/mol. The average Bonchev–Trinajstić information content (AvgIpc) is 3.67. The Morgan fingerprint density at radius 1 is 1.23 bits per heavy atom. The SMILES string of the molecule is CCOc1cncc(-c2ccc(NC(=O)C(c3ccnc(NS(=O)C4CC4)n3)C(C)C)c(F)c2)n1. The number of carbonyl (C=O) groups is 1. The lowest BCUT2D eigenvalue weighted by molar-refractivity contribution is -0.118. The van der Waals surface area contributed by atoms with E-state index in [1.165, 1.54) is 30.7 Å². The van der Waals surface area contributed by atoms with E-state index in [4.69, 9.17) is 4.74 Å². The summed E-state index contributed by atoms with van der Waals surface area (Å²) in [6.07, 6.45) is 6.34. The first-order chi connectivity index (χ1) is 16.9.